The molecule has 0 aliphatic carbocycles. The Labute approximate surface area is 89.0 Å². The van der Waals surface area contributed by atoms with Crippen LogP contribution in [0.25, 0.3) is 0 Å². The van der Waals surface area contributed by atoms with E-state index in [4.69, 9.17) is 9.84 Å². The molecule has 2 rings (SSSR count). The van der Waals surface area contributed by atoms with Crippen LogP contribution in [0.1, 0.15) is 18.5 Å². The average Bonchev–Trinajstić information content (AvgIpc) is 2.68. The van der Waals surface area contributed by atoms with Gasteiger partial charge in [-0.05, 0) is 18.8 Å². The molecule has 5 nitrogen and oxygen atoms in total. The molecule has 0 amide bonds. The van der Waals surface area contributed by atoms with Crippen molar-refractivity contribution >= 4 is 0 Å². The molecule has 1 saturated heterocycles. The Morgan fingerprint density at radius 3 is 3.00 bits per heavy atom. The number of aliphatic hydroxyl groups excluding tert-OH is 1. The minimum atomic E-state index is 0.135. The fraction of sp³-hybridized carbons (Fsp3) is 0.800. The fourth-order valence-electron chi connectivity index (χ4n) is 1.85. The van der Waals surface area contributed by atoms with Crippen LogP contribution in [0.2, 0.25) is 0 Å². The summed E-state index contributed by atoms with van der Waals surface area (Å²) in [5.41, 5.74) is 0.865. The molecule has 15 heavy (non-hydrogen) atoms. The molecule has 5 heteroatoms. The van der Waals surface area contributed by atoms with Crippen LogP contribution >= 0.6 is 0 Å². The van der Waals surface area contributed by atoms with Gasteiger partial charge in [0, 0.05) is 39.0 Å². The number of aliphatic hydroxyl groups is 1. The van der Waals surface area contributed by atoms with Gasteiger partial charge in [-0.2, -0.15) is 0 Å². The summed E-state index contributed by atoms with van der Waals surface area (Å²) >= 11 is 0. The van der Waals surface area contributed by atoms with Crippen molar-refractivity contribution in [3.8, 4) is 0 Å². The molecule has 2 heterocycles. The molecule has 0 radical (unpaired) electrons. The molecule has 0 aromatic carbocycles. The molecule has 0 spiro atoms. The van der Waals surface area contributed by atoms with Gasteiger partial charge in [-0.25, -0.2) is 0 Å². The predicted octanol–water partition coefficient (Wildman–Crippen LogP) is 0.239. The van der Waals surface area contributed by atoms with E-state index in [2.05, 4.69) is 10.3 Å². The first kappa shape index (κ1) is 10.6. The highest BCUT2D eigenvalue weighted by Crippen LogP contribution is 2.16. The molecule has 0 atom stereocenters. The quantitative estimate of drug-likeness (QED) is 0.775. The Kier molecular flexibility index (Phi) is 3.69. The first-order valence-electron chi connectivity index (χ1n) is 5.46. The summed E-state index contributed by atoms with van der Waals surface area (Å²) < 4.78 is 7.18. The van der Waals surface area contributed by atoms with E-state index in [1.165, 1.54) is 0 Å². The van der Waals surface area contributed by atoms with Gasteiger partial charge in [0.25, 0.3) is 0 Å². The molecule has 1 N–H and O–H groups in total. The number of hydrogen-bond acceptors (Lipinski definition) is 4. The van der Waals surface area contributed by atoms with E-state index >= 15 is 0 Å². The number of aromatic nitrogens is 3. The van der Waals surface area contributed by atoms with Crippen molar-refractivity contribution < 1.29 is 9.84 Å². The van der Waals surface area contributed by atoms with Gasteiger partial charge in [0.1, 0.15) is 0 Å². The second-order valence-electron chi connectivity index (χ2n) is 3.96. The molecule has 0 bridgehead atoms. The lowest BCUT2D eigenvalue weighted by atomic mass is 10.0. The van der Waals surface area contributed by atoms with Gasteiger partial charge < -0.3 is 9.84 Å². The summed E-state index contributed by atoms with van der Waals surface area (Å²) in [6, 6.07) is 0. The van der Waals surface area contributed by atoms with Gasteiger partial charge in [0.05, 0.1) is 5.69 Å². The van der Waals surface area contributed by atoms with Gasteiger partial charge >= 0.3 is 0 Å². The van der Waals surface area contributed by atoms with Crippen LogP contribution in [0, 0.1) is 5.92 Å². The monoisotopic (exact) mass is 211 g/mol. The Morgan fingerprint density at radius 2 is 2.27 bits per heavy atom. The van der Waals surface area contributed by atoms with Crippen LogP contribution in [0.3, 0.4) is 0 Å². The van der Waals surface area contributed by atoms with Crippen molar-refractivity contribution in [2.75, 3.05) is 19.8 Å². The maximum atomic E-state index is 8.76. The van der Waals surface area contributed by atoms with Gasteiger partial charge in [-0.1, -0.05) is 5.21 Å². The SMILES string of the molecule is OCCc1cn(CC2CCOCC2)nn1. The summed E-state index contributed by atoms with van der Waals surface area (Å²) in [6.07, 6.45) is 4.73. The molecular weight excluding hydrogens is 194 g/mol. The summed E-state index contributed by atoms with van der Waals surface area (Å²) in [7, 11) is 0. The van der Waals surface area contributed by atoms with Crippen molar-refractivity contribution in [2.45, 2.75) is 25.8 Å². The van der Waals surface area contributed by atoms with E-state index < -0.39 is 0 Å². The second-order valence-corrected chi connectivity index (χ2v) is 3.96. The Balaban J connectivity index is 1.86. The molecule has 1 aliphatic heterocycles. The minimum Gasteiger partial charge on any atom is -0.396 e. The molecule has 1 aromatic rings. The van der Waals surface area contributed by atoms with Crippen LogP contribution in [-0.4, -0.2) is 39.9 Å². The lowest BCUT2D eigenvalue weighted by Crippen LogP contribution is -2.20. The van der Waals surface area contributed by atoms with Crippen LogP contribution in [-0.2, 0) is 17.7 Å². The maximum absolute atomic E-state index is 8.76. The zero-order chi connectivity index (χ0) is 10.5. The van der Waals surface area contributed by atoms with Crippen molar-refractivity contribution in [3.63, 3.8) is 0 Å². The van der Waals surface area contributed by atoms with Gasteiger partial charge in [-0.15, -0.1) is 5.10 Å². The van der Waals surface area contributed by atoms with Gasteiger partial charge in [0.2, 0.25) is 0 Å². The minimum absolute atomic E-state index is 0.135. The molecular formula is C10H17N3O2. The lowest BCUT2D eigenvalue weighted by Gasteiger charge is -2.21. The molecule has 1 aromatic heterocycles. The van der Waals surface area contributed by atoms with Gasteiger partial charge in [0.15, 0.2) is 0 Å². The van der Waals surface area contributed by atoms with Crippen LogP contribution in [0.15, 0.2) is 6.20 Å². The molecule has 1 fully saturated rings. The molecule has 0 unspecified atom stereocenters. The summed E-state index contributed by atoms with van der Waals surface area (Å²) in [5.74, 6) is 0.655. The summed E-state index contributed by atoms with van der Waals surface area (Å²) in [4.78, 5) is 0. The highest BCUT2D eigenvalue weighted by molar-refractivity contribution is 4.92. The first-order valence-corrected chi connectivity index (χ1v) is 5.46. The van der Waals surface area contributed by atoms with Crippen molar-refractivity contribution in [3.05, 3.63) is 11.9 Å². The highest BCUT2D eigenvalue weighted by atomic mass is 16.5. The van der Waals surface area contributed by atoms with E-state index in [9.17, 15) is 0 Å². The standard InChI is InChI=1S/C10H17N3O2/c14-4-1-10-8-13(12-11-10)7-9-2-5-15-6-3-9/h8-9,14H,1-7H2. The number of ether oxygens (including phenoxy) is 1. The van der Waals surface area contributed by atoms with E-state index in [0.29, 0.717) is 12.3 Å². The lowest BCUT2D eigenvalue weighted by molar-refractivity contribution is 0.0600. The van der Waals surface area contributed by atoms with Crippen LogP contribution < -0.4 is 0 Å². The topological polar surface area (TPSA) is 60.2 Å². The second kappa shape index (κ2) is 5.23. The third-order valence-corrected chi connectivity index (χ3v) is 2.74. The predicted molar refractivity (Wildman–Crippen MR) is 54.4 cm³/mol. The maximum Gasteiger partial charge on any atom is 0.0849 e. The summed E-state index contributed by atoms with van der Waals surface area (Å²) in [5, 5.41) is 16.8. The van der Waals surface area contributed by atoms with E-state index in [1.807, 2.05) is 10.9 Å². The fourth-order valence-corrected chi connectivity index (χ4v) is 1.85. The van der Waals surface area contributed by atoms with Crippen molar-refractivity contribution in [2.24, 2.45) is 5.92 Å². The molecule has 0 saturated carbocycles. The molecule has 84 valence electrons. The highest BCUT2D eigenvalue weighted by Gasteiger charge is 2.14. The number of nitrogens with zero attached hydrogens (tertiary/aromatic N) is 3. The first-order chi connectivity index (χ1) is 7.38. The largest absolute Gasteiger partial charge is 0.396 e. The van der Waals surface area contributed by atoms with E-state index in [1.54, 1.807) is 0 Å². The molecule has 1 aliphatic rings. The zero-order valence-electron chi connectivity index (χ0n) is 8.80. The smallest absolute Gasteiger partial charge is 0.0849 e. The number of hydrogen-bond donors (Lipinski definition) is 1. The van der Waals surface area contributed by atoms with E-state index in [-0.39, 0.29) is 6.61 Å². The summed E-state index contributed by atoms with van der Waals surface area (Å²) in [6.45, 7) is 2.78. The van der Waals surface area contributed by atoms with Crippen molar-refractivity contribution in [1.29, 1.82) is 0 Å². The van der Waals surface area contributed by atoms with Crippen molar-refractivity contribution in [1.82, 2.24) is 15.0 Å². The third kappa shape index (κ3) is 3.00. The van der Waals surface area contributed by atoms with Crippen LogP contribution in [0.4, 0.5) is 0 Å². The number of rotatable bonds is 4. The van der Waals surface area contributed by atoms with Crippen LogP contribution in [0.5, 0.6) is 0 Å². The van der Waals surface area contributed by atoms with Gasteiger partial charge in [-0.3, -0.25) is 4.68 Å². The Hall–Kier alpha value is -0.940. The van der Waals surface area contributed by atoms with E-state index in [0.717, 1.165) is 38.3 Å². The normalized spacial score (nSPS) is 18.2. The third-order valence-electron chi connectivity index (χ3n) is 2.74. The average molecular weight is 211 g/mol. The Bertz CT molecular complexity index is 295. The Morgan fingerprint density at radius 1 is 1.47 bits per heavy atom. The zero-order valence-corrected chi connectivity index (χ0v) is 8.80.